The summed E-state index contributed by atoms with van der Waals surface area (Å²) in [4.78, 5) is 40.6. The molecule has 37 heavy (non-hydrogen) atoms. The van der Waals surface area contributed by atoms with Crippen LogP contribution >= 0.6 is 0 Å². The molecule has 2 aromatic rings. The molecule has 1 saturated carbocycles. The Balaban J connectivity index is 1.45. The number of nitrogens with zero attached hydrogens (tertiary/aromatic N) is 2. The lowest BCUT2D eigenvalue weighted by atomic mass is 10.1. The fourth-order valence-corrected chi connectivity index (χ4v) is 6.52. The zero-order valence-electron chi connectivity index (χ0n) is 21.2. The Morgan fingerprint density at radius 2 is 1.86 bits per heavy atom. The second-order valence-corrected chi connectivity index (χ2v) is 11.4. The van der Waals surface area contributed by atoms with E-state index in [0.717, 1.165) is 35.6 Å². The Hall–Kier alpha value is -3.40. The summed E-state index contributed by atoms with van der Waals surface area (Å²) >= 11 is 0. The van der Waals surface area contributed by atoms with E-state index in [-0.39, 0.29) is 54.2 Å². The average Bonchev–Trinajstić information content (AvgIpc) is 3.47. The largest absolute Gasteiger partial charge is 0.497 e. The third-order valence-corrected chi connectivity index (χ3v) is 8.86. The zero-order chi connectivity index (χ0) is 26.6. The van der Waals surface area contributed by atoms with Crippen LogP contribution in [0.2, 0.25) is 0 Å². The van der Waals surface area contributed by atoms with Crippen LogP contribution in [0.1, 0.15) is 61.4 Å². The average molecular weight is 528 g/mol. The van der Waals surface area contributed by atoms with Crippen molar-refractivity contribution >= 4 is 27.7 Å². The van der Waals surface area contributed by atoms with Gasteiger partial charge >= 0.3 is 0 Å². The predicted molar refractivity (Wildman–Crippen MR) is 137 cm³/mol. The lowest BCUT2D eigenvalue weighted by molar-refractivity contribution is -0.141. The van der Waals surface area contributed by atoms with Gasteiger partial charge in [-0.15, -0.1) is 0 Å². The summed E-state index contributed by atoms with van der Waals surface area (Å²) in [5.74, 6) is -0.444. The summed E-state index contributed by atoms with van der Waals surface area (Å²) in [6.45, 7) is 1.78. The molecule has 0 radical (unpaired) electrons. The number of amides is 3. The van der Waals surface area contributed by atoms with Gasteiger partial charge in [0.25, 0.3) is 15.9 Å². The molecule has 2 aromatic carbocycles. The van der Waals surface area contributed by atoms with Crippen LogP contribution in [0, 0.1) is 0 Å². The number of carbonyl (C=O) groups is 3. The molecule has 0 bridgehead atoms. The van der Waals surface area contributed by atoms with E-state index in [4.69, 9.17) is 4.74 Å². The van der Waals surface area contributed by atoms with Crippen LogP contribution in [0.5, 0.6) is 5.75 Å². The molecule has 3 amide bonds. The number of benzene rings is 2. The van der Waals surface area contributed by atoms with Gasteiger partial charge in [-0.3, -0.25) is 14.4 Å². The van der Waals surface area contributed by atoms with Gasteiger partial charge in [0.2, 0.25) is 11.8 Å². The van der Waals surface area contributed by atoms with Gasteiger partial charge in [-0.1, -0.05) is 37.1 Å². The summed E-state index contributed by atoms with van der Waals surface area (Å²) in [6.07, 6.45) is 4.15. The summed E-state index contributed by atoms with van der Waals surface area (Å²) in [6, 6.07) is 12.8. The van der Waals surface area contributed by atoms with E-state index in [0.29, 0.717) is 5.75 Å². The molecule has 9 nitrogen and oxygen atoms in total. The molecule has 0 aromatic heterocycles. The number of hydrogen-bond acceptors (Lipinski definition) is 6. The molecule has 4 rings (SSSR count). The molecule has 198 valence electrons. The van der Waals surface area contributed by atoms with Gasteiger partial charge in [-0.2, -0.15) is 0 Å². The highest BCUT2D eigenvalue weighted by Crippen LogP contribution is 2.30. The molecule has 1 atom stereocenters. The minimum atomic E-state index is -3.93. The molecule has 1 fully saturated rings. The number of nitrogens with one attached hydrogen (secondary N) is 1. The third kappa shape index (κ3) is 5.79. The lowest BCUT2D eigenvalue weighted by Crippen LogP contribution is -2.49. The molecule has 1 heterocycles. The van der Waals surface area contributed by atoms with Gasteiger partial charge in [0.05, 0.1) is 12.7 Å². The van der Waals surface area contributed by atoms with Crippen molar-refractivity contribution in [2.45, 2.75) is 69.0 Å². The van der Waals surface area contributed by atoms with Crippen LogP contribution in [0.25, 0.3) is 0 Å². The molecule has 0 saturated heterocycles. The SMILES string of the molecule is COc1cccc(CN(C(=O)CCCN2C(=O)c3ccccc3S2(=O)=O)[C@@H](C)C(=O)NC2CCCC2)c1. The maximum Gasteiger partial charge on any atom is 0.269 e. The molecule has 2 aliphatic rings. The number of sulfonamides is 1. The maximum absolute atomic E-state index is 13.4. The number of carbonyl (C=O) groups excluding carboxylic acids is 3. The highest BCUT2D eigenvalue weighted by Gasteiger charge is 2.40. The summed E-state index contributed by atoms with van der Waals surface area (Å²) in [5.41, 5.74) is 0.951. The van der Waals surface area contributed by atoms with Crippen molar-refractivity contribution in [3.05, 3.63) is 59.7 Å². The van der Waals surface area contributed by atoms with Crippen molar-refractivity contribution in [2.75, 3.05) is 13.7 Å². The normalized spacial score (nSPS) is 17.4. The maximum atomic E-state index is 13.4. The fraction of sp³-hybridized carbons (Fsp3) is 0.444. The second-order valence-electron chi connectivity index (χ2n) is 9.52. The van der Waals surface area contributed by atoms with Crippen molar-refractivity contribution in [3.63, 3.8) is 0 Å². The van der Waals surface area contributed by atoms with Crippen LogP contribution < -0.4 is 10.1 Å². The van der Waals surface area contributed by atoms with Crippen molar-refractivity contribution < 1.29 is 27.5 Å². The first-order valence-electron chi connectivity index (χ1n) is 12.6. The Morgan fingerprint density at radius 3 is 2.57 bits per heavy atom. The van der Waals surface area contributed by atoms with Crippen molar-refractivity contribution in [2.24, 2.45) is 0 Å². The van der Waals surface area contributed by atoms with Crippen LogP contribution in [0.15, 0.2) is 53.4 Å². The number of fused-ring (bicyclic) bond motifs is 1. The number of hydrogen-bond donors (Lipinski definition) is 1. The molecule has 1 N–H and O–H groups in total. The van der Waals surface area contributed by atoms with E-state index >= 15 is 0 Å². The Kier molecular flexibility index (Phi) is 8.16. The molecule has 0 unspecified atom stereocenters. The molecule has 1 aliphatic carbocycles. The van der Waals surface area contributed by atoms with Gasteiger partial charge < -0.3 is 15.0 Å². The minimum absolute atomic E-state index is 0.0109. The molecule has 1 aliphatic heterocycles. The number of rotatable bonds is 10. The minimum Gasteiger partial charge on any atom is -0.497 e. The Bertz CT molecular complexity index is 1270. The third-order valence-electron chi connectivity index (χ3n) is 7.02. The Labute approximate surface area is 217 Å². The standard InChI is InChI=1S/C27H33N3O6S/c1-19(26(32)28-21-10-3-4-11-21)29(18-20-9-7-12-22(17-20)36-2)25(31)15-8-16-30-27(33)23-13-5-6-14-24(23)37(30,34)35/h5-7,9,12-14,17,19,21H,3-4,8,10-11,15-16,18H2,1-2H3,(H,28,32)/t19-/m0/s1. The van der Waals surface area contributed by atoms with Gasteiger partial charge in [-0.25, -0.2) is 12.7 Å². The van der Waals surface area contributed by atoms with Crippen LogP contribution in [0.3, 0.4) is 0 Å². The predicted octanol–water partition coefficient (Wildman–Crippen LogP) is 3.10. The van der Waals surface area contributed by atoms with Gasteiger partial charge in [-0.05, 0) is 56.0 Å². The summed E-state index contributed by atoms with van der Waals surface area (Å²) < 4.78 is 31.7. The molecular formula is C27H33N3O6S. The van der Waals surface area contributed by atoms with E-state index in [1.165, 1.54) is 17.0 Å². The monoisotopic (exact) mass is 527 g/mol. The first-order chi connectivity index (χ1) is 17.7. The smallest absolute Gasteiger partial charge is 0.269 e. The zero-order valence-corrected chi connectivity index (χ0v) is 22.0. The van der Waals surface area contributed by atoms with E-state index in [9.17, 15) is 22.8 Å². The lowest BCUT2D eigenvalue weighted by Gasteiger charge is -2.30. The van der Waals surface area contributed by atoms with E-state index in [1.807, 2.05) is 18.2 Å². The molecular weight excluding hydrogens is 494 g/mol. The first-order valence-corrected chi connectivity index (χ1v) is 14.0. The van der Waals surface area contributed by atoms with E-state index in [2.05, 4.69) is 5.32 Å². The van der Waals surface area contributed by atoms with Crippen LogP contribution in [0.4, 0.5) is 0 Å². The topological polar surface area (TPSA) is 113 Å². The number of ether oxygens (including phenoxy) is 1. The van der Waals surface area contributed by atoms with Crippen molar-refractivity contribution in [1.29, 1.82) is 0 Å². The fourth-order valence-electron chi connectivity index (χ4n) is 4.91. The highest BCUT2D eigenvalue weighted by molar-refractivity contribution is 7.90. The molecule has 10 heteroatoms. The van der Waals surface area contributed by atoms with Gasteiger partial charge in [0.1, 0.15) is 16.7 Å². The summed E-state index contributed by atoms with van der Waals surface area (Å²) in [5, 5.41) is 3.06. The van der Waals surface area contributed by atoms with Crippen molar-refractivity contribution in [3.8, 4) is 5.75 Å². The van der Waals surface area contributed by atoms with E-state index < -0.39 is 22.0 Å². The number of methoxy groups -OCH3 is 1. The quantitative estimate of drug-likeness (QED) is 0.508. The van der Waals surface area contributed by atoms with Crippen molar-refractivity contribution in [1.82, 2.24) is 14.5 Å². The van der Waals surface area contributed by atoms with Gasteiger partial charge in [0.15, 0.2) is 0 Å². The summed E-state index contributed by atoms with van der Waals surface area (Å²) in [7, 11) is -2.37. The van der Waals surface area contributed by atoms with Crippen LogP contribution in [-0.4, -0.2) is 61.1 Å². The van der Waals surface area contributed by atoms with Crippen LogP contribution in [-0.2, 0) is 26.2 Å². The Morgan fingerprint density at radius 1 is 1.14 bits per heavy atom. The highest BCUT2D eigenvalue weighted by atomic mass is 32.2. The molecule has 0 spiro atoms. The van der Waals surface area contributed by atoms with E-state index in [1.54, 1.807) is 32.2 Å². The first kappa shape index (κ1) is 26.7. The van der Waals surface area contributed by atoms with Gasteiger partial charge in [0, 0.05) is 25.6 Å². The second kappa shape index (κ2) is 11.3.